The first-order valence-corrected chi connectivity index (χ1v) is 11.8. The predicted molar refractivity (Wildman–Crippen MR) is 117 cm³/mol. The van der Waals surface area contributed by atoms with E-state index in [-0.39, 0.29) is 23.4 Å². The van der Waals surface area contributed by atoms with Crippen molar-refractivity contribution < 1.29 is 9.59 Å². The smallest absolute Gasteiger partial charge is 0.275 e. The van der Waals surface area contributed by atoms with Gasteiger partial charge in [0.1, 0.15) is 5.82 Å². The van der Waals surface area contributed by atoms with Crippen LogP contribution in [0.25, 0.3) is 0 Å². The minimum absolute atomic E-state index is 0.0667. The maximum absolute atomic E-state index is 13.5. The number of likely N-dealkylation sites (tertiary alicyclic amines) is 1. The van der Waals surface area contributed by atoms with Gasteiger partial charge in [0.05, 0.1) is 18.3 Å². The van der Waals surface area contributed by atoms with Crippen molar-refractivity contribution in [3.05, 3.63) is 44.4 Å². The Morgan fingerprint density at radius 1 is 1.06 bits per heavy atom. The van der Waals surface area contributed by atoms with E-state index in [1.165, 1.54) is 0 Å². The zero-order chi connectivity index (χ0) is 22.2. The molecule has 2 amide bonds. The number of carbonyl (C=O) groups excluding carboxylic acids is 2. The molecule has 0 saturated carbocycles. The fourth-order valence-corrected chi connectivity index (χ4v) is 5.31. The van der Waals surface area contributed by atoms with Gasteiger partial charge in [0.25, 0.3) is 11.5 Å². The summed E-state index contributed by atoms with van der Waals surface area (Å²) in [6.45, 7) is 3.36. The number of nitrogens with zero attached hydrogens (tertiary/aromatic N) is 4. The van der Waals surface area contributed by atoms with Gasteiger partial charge in [0.15, 0.2) is 5.69 Å². The second-order valence-corrected chi connectivity index (χ2v) is 9.04. The summed E-state index contributed by atoms with van der Waals surface area (Å²) < 4.78 is 0. The molecular formula is C23H30N6O3. The van der Waals surface area contributed by atoms with E-state index in [1.54, 1.807) is 4.90 Å². The van der Waals surface area contributed by atoms with Crippen LogP contribution in [0.1, 0.15) is 90.3 Å². The fourth-order valence-electron chi connectivity index (χ4n) is 5.31. The average molecular weight is 439 g/mol. The van der Waals surface area contributed by atoms with Crippen LogP contribution in [0.4, 0.5) is 0 Å². The molecule has 0 unspecified atom stereocenters. The van der Waals surface area contributed by atoms with Crippen molar-refractivity contribution in [2.75, 3.05) is 13.1 Å². The molecule has 0 bridgehead atoms. The van der Waals surface area contributed by atoms with Gasteiger partial charge in [-0.15, -0.1) is 0 Å². The molecule has 2 N–H and O–H groups in total. The number of aryl methyl sites for hydroxylation is 1. The van der Waals surface area contributed by atoms with Crippen molar-refractivity contribution in [2.24, 2.45) is 0 Å². The summed E-state index contributed by atoms with van der Waals surface area (Å²) in [5.74, 6) is 0.506. The molecular weight excluding hydrogens is 408 g/mol. The first-order chi connectivity index (χ1) is 15.6. The molecule has 2 aliphatic heterocycles. The van der Waals surface area contributed by atoms with Gasteiger partial charge in [-0.1, -0.05) is 6.92 Å². The monoisotopic (exact) mass is 438 g/mol. The summed E-state index contributed by atoms with van der Waals surface area (Å²) >= 11 is 0. The summed E-state index contributed by atoms with van der Waals surface area (Å²) in [5.41, 5.74) is 3.81. The summed E-state index contributed by atoms with van der Waals surface area (Å²) in [6.07, 6.45) is 7.58. The molecule has 0 spiro atoms. The average Bonchev–Trinajstić information content (AvgIpc) is 3.27. The van der Waals surface area contributed by atoms with Crippen molar-refractivity contribution in [1.29, 1.82) is 0 Å². The Bertz CT molecular complexity index is 1100. The number of H-pyrrole nitrogens is 2. The highest BCUT2D eigenvalue weighted by molar-refractivity contribution is 5.94. The van der Waals surface area contributed by atoms with Crippen LogP contribution in [0.3, 0.4) is 0 Å². The van der Waals surface area contributed by atoms with E-state index in [9.17, 15) is 14.4 Å². The number of amides is 2. The molecule has 1 aliphatic carbocycles. The first-order valence-electron chi connectivity index (χ1n) is 11.8. The summed E-state index contributed by atoms with van der Waals surface area (Å²) in [6, 6.07) is -0.289. The topological polar surface area (TPSA) is 115 Å². The highest BCUT2D eigenvalue weighted by Crippen LogP contribution is 2.32. The maximum Gasteiger partial charge on any atom is 0.275 e. The summed E-state index contributed by atoms with van der Waals surface area (Å²) in [7, 11) is 0. The molecule has 0 aromatic carbocycles. The number of hydrogen-bond donors (Lipinski definition) is 2. The lowest BCUT2D eigenvalue weighted by molar-refractivity contribution is -0.131. The molecule has 1 atom stereocenters. The number of aromatic amines is 2. The van der Waals surface area contributed by atoms with Crippen LogP contribution < -0.4 is 5.56 Å². The van der Waals surface area contributed by atoms with E-state index >= 15 is 0 Å². The quantitative estimate of drug-likeness (QED) is 0.761. The van der Waals surface area contributed by atoms with E-state index < -0.39 is 0 Å². The number of hydrogen-bond acceptors (Lipinski definition) is 5. The van der Waals surface area contributed by atoms with E-state index in [1.807, 2.05) is 11.8 Å². The Morgan fingerprint density at radius 3 is 2.75 bits per heavy atom. The Labute approximate surface area is 186 Å². The fraction of sp³-hybridized carbons (Fsp3) is 0.609. The molecule has 1 saturated heterocycles. The third-order valence-corrected chi connectivity index (χ3v) is 7.09. The van der Waals surface area contributed by atoms with Crippen LogP contribution in [0.5, 0.6) is 0 Å². The second kappa shape index (κ2) is 8.52. The van der Waals surface area contributed by atoms with Gasteiger partial charge in [-0.25, -0.2) is 4.98 Å². The number of rotatable bonds is 3. The van der Waals surface area contributed by atoms with E-state index in [4.69, 9.17) is 4.98 Å². The SMILES string of the molecule is CCC(=O)N1CCc2c(nc([C@H]3CCCCN3C(=O)c3n[nH]c4c3CCCC4)[nH]c2=O)C1. The van der Waals surface area contributed by atoms with Crippen LogP contribution in [-0.4, -0.2) is 54.9 Å². The van der Waals surface area contributed by atoms with Gasteiger partial charge >= 0.3 is 0 Å². The minimum atomic E-state index is -0.289. The van der Waals surface area contributed by atoms with Crippen molar-refractivity contribution in [3.8, 4) is 0 Å². The molecule has 3 aliphatic rings. The molecule has 2 aromatic heterocycles. The van der Waals surface area contributed by atoms with Crippen LogP contribution >= 0.6 is 0 Å². The summed E-state index contributed by atoms with van der Waals surface area (Å²) in [4.78, 5) is 49.9. The number of aromatic nitrogens is 4. The van der Waals surface area contributed by atoms with Gasteiger partial charge in [-0.3, -0.25) is 19.5 Å². The number of carbonyl (C=O) groups is 2. The van der Waals surface area contributed by atoms with Gasteiger partial charge in [-0.05, 0) is 51.4 Å². The molecule has 170 valence electrons. The minimum Gasteiger partial charge on any atom is -0.336 e. The van der Waals surface area contributed by atoms with Crippen molar-refractivity contribution >= 4 is 11.8 Å². The van der Waals surface area contributed by atoms with Gasteiger partial charge in [0.2, 0.25) is 5.91 Å². The lowest BCUT2D eigenvalue weighted by Gasteiger charge is -2.35. The molecule has 9 nitrogen and oxygen atoms in total. The van der Waals surface area contributed by atoms with Crippen molar-refractivity contribution in [3.63, 3.8) is 0 Å². The van der Waals surface area contributed by atoms with Crippen molar-refractivity contribution in [2.45, 2.75) is 77.3 Å². The zero-order valence-corrected chi connectivity index (χ0v) is 18.6. The van der Waals surface area contributed by atoms with E-state index in [2.05, 4.69) is 15.2 Å². The van der Waals surface area contributed by atoms with Crippen LogP contribution in [0.2, 0.25) is 0 Å². The highest BCUT2D eigenvalue weighted by Gasteiger charge is 2.35. The van der Waals surface area contributed by atoms with E-state index in [0.717, 1.165) is 56.2 Å². The van der Waals surface area contributed by atoms with Gasteiger partial charge in [0, 0.05) is 36.3 Å². The molecule has 5 rings (SSSR count). The van der Waals surface area contributed by atoms with Gasteiger partial charge < -0.3 is 14.8 Å². The van der Waals surface area contributed by atoms with Crippen LogP contribution in [0, 0.1) is 0 Å². The Balaban J connectivity index is 1.46. The molecule has 2 aromatic rings. The third-order valence-electron chi connectivity index (χ3n) is 7.09. The Hall–Kier alpha value is -2.97. The van der Waals surface area contributed by atoms with E-state index in [0.29, 0.717) is 55.3 Å². The number of piperidine rings is 1. The normalized spacial score (nSPS) is 20.6. The first kappa shape index (κ1) is 20.9. The molecule has 9 heteroatoms. The number of fused-ring (bicyclic) bond motifs is 2. The highest BCUT2D eigenvalue weighted by atomic mass is 16.2. The summed E-state index contributed by atoms with van der Waals surface area (Å²) in [5, 5.41) is 7.44. The predicted octanol–water partition coefficient (Wildman–Crippen LogP) is 2.03. The Morgan fingerprint density at radius 2 is 1.91 bits per heavy atom. The largest absolute Gasteiger partial charge is 0.336 e. The van der Waals surface area contributed by atoms with Crippen LogP contribution in [0.15, 0.2) is 4.79 Å². The molecule has 4 heterocycles. The zero-order valence-electron chi connectivity index (χ0n) is 18.6. The third kappa shape index (κ3) is 3.63. The Kier molecular flexibility index (Phi) is 5.57. The lowest BCUT2D eigenvalue weighted by Crippen LogP contribution is -2.42. The lowest BCUT2D eigenvalue weighted by atomic mass is 9.94. The maximum atomic E-state index is 13.5. The molecule has 1 fully saturated rings. The standard InChI is InChI=1S/C23H30N6O3/c1-2-19(30)28-12-10-15-17(13-28)24-21(25-22(15)31)18-9-5-6-11-29(18)23(32)20-14-7-3-4-8-16(14)26-27-20/h18H,2-13H2,1H3,(H,26,27)(H,24,25,31)/t18-/m1/s1. The molecule has 32 heavy (non-hydrogen) atoms. The van der Waals surface area contributed by atoms with Crippen LogP contribution in [-0.2, 0) is 30.6 Å². The number of nitrogens with one attached hydrogen (secondary N) is 2. The van der Waals surface area contributed by atoms with Gasteiger partial charge in [-0.2, -0.15) is 5.10 Å². The second-order valence-electron chi connectivity index (χ2n) is 9.04. The molecule has 0 radical (unpaired) electrons. The van der Waals surface area contributed by atoms with Crippen molar-refractivity contribution in [1.82, 2.24) is 30.0 Å².